The van der Waals surface area contributed by atoms with Crippen molar-refractivity contribution in [1.29, 1.82) is 0 Å². The van der Waals surface area contributed by atoms with E-state index in [1.54, 1.807) is 25.3 Å². The number of esters is 2. The number of nitrogens with zero attached hydrogens (tertiary/aromatic N) is 2. The second-order valence-corrected chi connectivity index (χ2v) is 6.58. The average molecular weight is 392 g/mol. The first-order chi connectivity index (χ1) is 12.9. The van der Waals surface area contributed by atoms with Gasteiger partial charge in [0.2, 0.25) is 0 Å². The highest BCUT2D eigenvalue weighted by Gasteiger charge is 2.31. The zero-order chi connectivity index (χ0) is 20.0. The Morgan fingerprint density at radius 3 is 2.48 bits per heavy atom. The van der Waals surface area contributed by atoms with Crippen molar-refractivity contribution >= 4 is 35.3 Å². The number of ether oxygens (including phenoxy) is 2. The molecule has 1 aliphatic heterocycles. The molecule has 0 atom stereocenters. The number of allylic oxidation sites excluding steroid dienone is 1. The van der Waals surface area contributed by atoms with Gasteiger partial charge in [0.05, 0.1) is 18.9 Å². The number of rotatable bonds is 8. The van der Waals surface area contributed by atoms with E-state index in [1.165, 1.54) is 24.8 Å². The van der Waals surface area contributed by atoms with E-state index in [9.17, 15) is 14.4 Å². The summed E-state index contributed by atoms with van der Waals surface area (Å²) in [5.74, 6) is -0.255. The van der Waals surface area contributed by atoms with E-state index >= 15 is 0 Å². The third-order valence-corrected chi connectivity index (χ3v) is 4.73. The van der Waals surface area contributed by atoms with E-state index < -0.39 is 5.97 Å². The van der Waals surface area contributed by atoms with Crippen LogP contribution in [0.1, 0.15) is 48.5 Å². The zero-order valence-electron chi connectivity index (χ0n) is 16.0. The highest BCUT2D eigenvalue weighted by atomic mass is 32.2. The van der Waals surface area contributed by atoms with Crippen LogP contribution >= 0.6 is 11.8 Å². The van der Waals surface area contributed by atoms with Crippen molar-refractivity contribution in [3.05, 3.63) is 39.9 Å². The number of ketones is 1. The van der Waals surface area contributed by atoms with Crippen LogP contribution in [0.25, 0.3) is 0 Å². The summed E-state index contributed by atoms with van der Waals surface area (Å²) in [6.45, 7) is 8.75. The SMILES string of the molecule is CCOC(=O)C=CS/C=C(\C)N1CCn2c(C(C)=O)cc(C(=O)OCC)c21. The molecular formula is C19H24N2O5S. The van der Waals surface area contributed by atoms with Crippen LogP contribution in [0.5, 0.6) is 0 Å². The lowest BCUT2D eigenvalue weighted by atomic mass is 10.2. The molecule has 0 N–H and O–H groups in total. The number of anilines is 1. The van der Waals surface area contributed by atoms with E-state index in [0.29, 0.717) is 36.8 Å². The van der Waals surface area contributed by atoms with Crippen molar-refractivity contribution in [2.75, 3.05) is 24.7 Å². The van der Waals surface area contributed by atoms with Crippen molar-refractivity contribution in [3.63, 3.8) is 0 Å². The van der Waals surface area contributed by atoms with Crippen molar-refractivity contribution in [2.24, 2.45) is 0 Å². The first-order valence-electron chi connectivity index (χ1n) is 8.75. The summed E-state index contributed by atoms with van der Waals surface area (Å²) in [5.41, 5.74) is 1.78. The first kappa shape index (κ1) is 20.8. The largest absolute Gasteiger partial charge is 0.463 e. The highest BCUT2D eigenvalue weighted by Crippen LogP contribution is 2.34. The number of fused-ring (bicyclic) bond motifs is 1. The summed E-state index contributed by atoms with van der Waals surface area (Å²) in [6, 6.07) is 1.60. The molecule has 0 unspecified atom stereocenters. The van der Waals surface area contributed by atoms with Crippen LogP contribution in [0.15, 0.2) is 28.7 Å². The molecule has 0 radical (unpaired) electrons. The zero-order valence-corrected chi connectivity index (χ0v) is 16.8. The monoisotopic (exact) mass is 392 g/mol. The maximum atomic E-state index is 12.3. The number of carbonyl (C=O) groups is 3. The van der Waals surface area contributed by atoms with Gasteiger partial charge in [0.25, 0.3) is 0 Å². The lowest BCUT2D eigenvalue weighted by molar-refractivity contribution is -0.137. The molecule has 0 fully saturated rings. The Bertz CT molecular complexity index is 794. The molecule has 0 saturated carbocycles. The number of thioether (sulfide) groups is 1. The minimum Gasteiger partial charge on any atom is -0.463 e. The highest BCUT2D eigenvalue weighted by molar-refractivity contribution is 8.04. The van der Waals surface area contributed by atoms with Gasteiger partial charge in [-0.15, -0.1) is 11.8 Å². The minimum absolute atomic E-state index is 0.0953. The molecule has 0 bridgehead atoms. The molecule has 1 aromatic rings. The van der Waals surface area contributed by atoms with Crippen LogP contribution in [0.3, 0.4) is 0 Å². The number of Topliss-reactive ketones (excluding diaryl/α,β-unsaturated/α-hetero) is 1. The van der Waals surface area contributed by atoms with E-state index in [4.69, 9.17) is 9.47 Å². The van der Waals surface area contributed by atoms with Crippen LogP contribution < -0.4 is 4.90 Å². The lowest BCUT2D eigenvalue weighted by Crippen LogP contribution is -2.20. The van der Waals surface area contributed by atoms with Crippen molar-refractivity contribution in [2.45, 2.75) is 34.2 Å². The van der Waals surface area contributed by atoms with Gasteiger partial charge in [0.15, 0.2) is 5.78 Å². The molecular weight excluding hydrogens is 368 g/mol. The number of aromatic nitrogens is 1. The molecule has 0 saturated heterocycles. The number of hydrogen-bond acceptors (Lipinski definition) is 7. The Hall–Kier alpha value is -2.48. The Morgan fingerprint density at radius 2 is 1.85 bits per heavy atom. The second-order valence-electron chi connectivity index (χ2n) is 5.80. The fourth-order valence-electron chi connectivity index (χ4n) is 2.84. The summed E-state index contributed by atoms with van der Waals surface area (Å²) < 4.78 is 11.8. The first-order valence-corrected chi connectivity index (χ1v) is 9.69. The third kappa shape index (κ3) is 4.82. The number of carbonyl (C=O) groups excluding carboxylic acids is 3. The Morgan fingerprint density at radius 1 is 1.15 bits per heavy atom. The van der Waals surface area contributed by atoms with Gasteiger partial charge in [-0.25, -0.2) is 9.59 Å². The summed E-state index contributed by atoms with van der Waals surface area (Å²) in [5, 5.41) is 3.52. The fraction of sp³-hybridized carbons (Fsp3) is 0.421. The standard InChI is InChI=1S/C19H24N2O5S/c1-5-25-17(23)7-10-27-12-13(3)20-8-9-21-16(14(4)22)11-15(18(20)21)19(24)26-6-2/h7,10-12H,5-6,8-9H2,1-4H3/b10-7?,13-12+. The van der Waals surface area contributed by atoms with E-state index in [1.807, 2.05) is 21.8 Å². The number of hydrogen-bond donors (Lipinski definition) is 0. The van der Waals surface area contributed by atoms with Gasteiger partial charge in [0, 0.05) is 31.8 Å². The average Bonchev–Trinajstić information content (AvgIpc) is 3.19. The summed E-state index contributed by atoms with van der Waals surface area (Å²) >= 11 is 1.34. The normalized spacial score (nSPS) is 13.8. The molecule has 2 rings (SSSR count). The van der Waals surface area contributed by atoms with Crippen LogP contribution in [-0.2, 0) is 20.8 Å². The fourth-order valence-corrected chi connectivity index (χ4v) is 3.44. The second kappa shape index (κ2) is 9.45. The Kier molecular flexibility index (Phi) is 7.29. The topological polar surface area (TPSA) is 77.8 Å². The van der Waals surface area contributed by atoms with Gasteiger partial charge in [-0.2, -0.15) is 0 Å². The van der Waals surface area contributed by atoms with Gasteiger partial charge in [-0.3, -0.25) is 4.79 Å². The Labute approximate surface area is 163 Å². The van der Waals surface area contributed by atoms with E-state index in [2.05, 4.69) is 0 Å². The van der Waals surface area contributed by atoms with E-state index in [-0.39, 0.29) is 18.4 Å². The third-order valence-electron chi connectivity index (χ3n) is 3.96. The molecule has 7 nitrogen and oxygen atoms in total. The predicted molar refractivity (Wildman–Crippen MR) is 105 cm³/mol. The van der Waals surface area contributed by atoms with E-state index in [0.717, 1.165) is 5.70 Å². The molecule has 8 heteroatoms. The smallest absolute Gasteiger partial charge is 0.341 e. The van der Waals surface area contributed by atoms with Gasteiger partial charge < -0.3 is 18.9 Å². The Balaban J connectivity index is 2.25. The van der Waals surface area contributed by atoms with Gasteiger partial charge in [-0.05, 0) is 37.7 Å². The van der Waals surface area contributed by atoms with Crippen molar-refractivity contribution in [1.82, 2.24) is 4.57 Å². The molecule has 1 aliphatic rings. The van der Waals surface area contributed by atoms with Gasteiger partial charge in [0.1, 0.15) is 11.4 Å². The molecule has 0 spiro atoms. The molecule has 1 aromatic heterocycles. The maximum absolute atomic E-state index is 12.3. The van der Waals surface area contributed by atoms with Crippen LogP contribution in [-0.4, -0.2) is 42.0 Å². The molecule has 27 heavy (non-hydrogen) atoms. The lowest BCUT2D eigenvalue weighted by Gasteiger charge is -2.19. The maximum Gasteiger partial charge on any atom is 0.341 e. The predicted octanol–water partition coefficient (Wildman–Crippen LogP) is 3.36. The van der Waals surface area contributed by atoms with Crippen LogP contribution in [0.4, 0.5) is 5.82 Å². The summed E-state index contributed by atoms with van der Waals surface area (Å²) in [7, 11) is 0. The van der Waals surface area contributed by atoms with Crippen molar-refractivity contribution < 1.29 is 23.9 Å². The summed E-state index contributed by atoms with van der Waals surface area (Å²) in [6.07, 6.45) is 1.36. The van der Waals surface area contributed by atoms with Crippen molar-refractivity contribution in [3.8, 4) is 0 Å². The van der Waals surface area contributed by atoms with Gasteiger partial charge >= 0.3 is 11.9 Å². The summed E-state index contributed by atoms with van der Waals surface area (Å²) in [4.78, 5) is 37.6. The molecule has 0 aliphatic carbocycles. The molecule has 146 valence electrons. The van der Waals surface area contributed by atoms with Crippen LogP contribution in [0, 0.1) is 0 Å². The quantitative estimate of drug-likeness (QED) is 0.381. The minimum atomic E-state index is -0.441. The van der Waals surface area contributed by atoms with Crippen LogP contribution in [0.2, 0.25) is 0 Å². The molecule has 2 heterocycles. The molecule has 0 amide bonds. The molecule has 0 aromatic carbocycles. The van der Waals surface area contributed by atoms with Gasteiger partial charge in [-0.1, -0.05) is 0 Å².